The van der Waals surface area contributed by atoms with Crippen LogP contribution in [0.3, 0.4) is 0 Å². The Morgan fingerprint density at radius 1 is 1.14 bits per heavy atom. The van der Waals surface area contributed by atoms with Gasteiger partial charge in [0.05, 0.1) is 6.04 Å². The second-order valence-electron chi connectivity index (χ2n) is 6.23. The van der Waals surface area contributed by atoms with Gasteiger partial charge in [0.15, 0.2) is 0 Å². The van der Waals surface area contributed by atoms with Crippen LogP contribution in [0.2, 0.25) is 0 Å². The Hall–Kier alpha value is -1.67. The highest BCUT2D eigenvalue weighted by molar-refractivity contribution is 5.38. The Balaban J connectivity index is 1.96. The van der Waals surface area contributed by atoms with Crippen molar-refractivity contribution in [3.63, 3.8) is 0 Å². The van der Waals surface area contributed by atoms with E-state index in [0.29, 0.717) is 6.04 Å². The van der Waals surface area contributed by atoms with Gasteiger partial charge in [-0.05, 0) is 49.4 Å². The van der Waals surface area contributed by atoms with E-state index in [1.165, 1.54) is 47.9 Å². The lowest BCUT2D eigenvalue weighted by atomic mass is 9.93. The molecule has 1 saturated carbocycles. The fourth-order valence-electron chi connectivity index (χ4n) is 3.31. The smallest absolute Gasteiger partial charge is 0.0596 e. The highest BCUT2D eigenvalue weighted by Gasteiger charge is 2.22. The molecule has 0 amide bonds. The largest absolute Gasteiger partial charge is 0.303 e. The van der Waals surface area contributed by atoms with Crippen LogP contribution in [0.5, 0.6) is 0 Å². The summed E-state index contributed by atoms with van der Waals surface area (Å²) >= 11 is 0. The van der Waals surface area contributed by atoms with Gasteiger partial charge in [-0.2, -0.15) is 0 Å². The van der Waals surface area contributed by atoms with Crippen molar-refractivity contribution < 1.29 is 0 Å². The first-order chi connectivity index (χ1) is 10.2. The van der Waals surface area contributed by atoms with E-state index in [1.807, 2.05) is 18.5 Å². The first-order valence-corrected chi connectivity index (χ1v) is 7.97. The van der Waals surface area contributed by atoms with Crippen molar-refractivity contribution in [2.24, 2.45) is 0 Å². The lowest BCUT2D eigenvalue weighted by molar-refractivity contribution is 0.477. The van der Waals surface area contributed by atoms with Gasteiger partial charge in [0.1, 0.15) is 0 Å². The normalized spacial score (nSPS) is 17.0. The van der Waals surface area contributed by atoms with Crippen LogP contribution in [-0.2, 0) is 0 Å². The van der Waals surface area contributed by atoms with Gasteiger partial charge in [0.25, 0.3) is 0 Å². The zero-order chi connectivity index (χ0) is 14.7. The van der Waals surface area contributed by atoms with Gasteiger partial charge in [-0.3, -0.25) is 4.98 Å². The molecule has 2 heteroatoms. The Morgan fingerprint density at radius 2 is 1.95 bits per heavy atom. The van der Waals surface area contributed by atoms with Gasteiger partial charge in [-0.15, -0.1) is 0 Å². The molecule has 0 unspecified atom stereocenters. The molecular weight excluding hydrogens is 256 g/mol. The number of benzene rings is 1. The standard InChI is InChI=1S/C19H24N2/c1-14-9-10-15(2)18(12-14)19(16-6-5-11-20-13-16)21-17-7-3-4-8-17/h5-6,9-13,17,19,21H,3-4,7-8H2,1-2H3/t19-/m0/s1. The Morgan fingerprint density at radius 3 is 2.67 bits per heavy atom. The maximum Gasteiger partial charge on any atom is 0.0596 e. The average molecular weight is 280 g/mol. The summed E-state index contributed by atoms with van der Waals surface area (Å²) in [4.78, 5) is 4.32. The number of hydrogen-bond donors (Lipinski definition) is 1. The van der Waals surface area contributed by atoms with Crippen molar-refractivity contribution in [1.29, 1.82) is 0 Å². The minimum atomic E-state index is 0.252. The van der Waals surface area contributed by atoms with Crippen molar-refractivity contribution in [2.45, 2.75) is 51.6 Å². The van der Waals surface area contributed by atoms with Crippen molar-refractivity contribution >= 4 is 0 Å². The van der Waals surface area contributed by atoms with Crippen molar-refractivity contribution in [3.05, 3.63) is 65.0 Å². The molecule has 0 saturated heterocycles. The summed E-state index contributed by atoms with van der Waals surface area (Å²) in [5.74, 6) is 0. The van der Waals surface area contributed by atoms with Crippen LogP contribution in [0.4, 0.5) is 0 Å². The number of aromatic nitrogens is 1. The first-order valence-electron chi connectivity index (χ1n) is 7.97. The van der Waals surface area contributed by atoms with E-state index in [1.54, 1.807) is 0 Å². The minimum Gasteiger partial charge on any atom is -0.303 e. The molecule has 1 aliphatic carbocycles. The van der Waals surface area contributed by atoms with E-state index >= 15 is 0 Å². The third-order valence-corrected chi connectivity index (χ3v) is 4.52. The minimum absolute atomic E-state index is 0.252. The van der Waals surface area contributed by atoms with E-state index in [2.05, 4.69) is 48.4 Å². The molecule has 110 valence electrons. The van der Waals surface area contributed by atoms with Gasteiger partial charge in [-0.1, -0.05) is 42.7 Å². The van der Waals surface area contributed by atoms with Crippen LogP contribution >= 0.6 is 0 Å². The highest BCUT2D eigenvalue weighted by atomic mass is 15.0. The van der Waals surface area contributed by atoms with Crippen LogP contribution < -0.4 is 5.32 Å². The molecule has 1 aliphatic rings. The van der Waals surface area contributed by atoms with E-state index in [4.69, 9.17) is 0 Å². The van der Waals surface area contributed by atoms with E-state index < -0.39 is 0 Å². The fourth-order valence-corrected chi connectivity index (χ4v) is 3.31. The van der Waals surface area contributed by atoms with E-state index in [-0.39, 0.29) is 6.04 Å². The zero-order valence-electron chi connectivity index (χ0n) is 13.0. The first kappa shape index (κ1) is 14.3. The predicted octanol–water partition coefficient (Wildman–Crippen LogP) is 4.32. The molecule has 0 bridgehead atoms. The van der Waals surface area contributed by atoms with E-state index in [0.717, 1.165) is 0 Å². The lowest BCUT2D eigenvalue weighted by Crippen LogP contribution is -2.32. The molecule has 1 aromatic carbocycles. The SMILES string of the molecule is Cc1ccc(C)c([C@@H](NC2CCCC2)c2cccnc2)c1. The maximum absolute atomic E-state index is 4.32. The molecule has 1 atom stereocenters. The summed E-state index contributed by atoms with van der Waals surface area (Å²) in [6.45, 7) is 4.37. The molecule has 0 aliphatic heterocycles. The molecule has 0 spiro atoms. The number of aryl methyl sites for hydroxylation is 2. The number of hydrogen-bond acceptors (Lipinski definition) is 2. The second kappa shape index (κ2) is 6.40. The van der Waals surface area contributed by atoms with Gasteiger partial charge in [0.2, 0.25) is 0 Å². The zero-order valence-corrected chi connectivity index (χ0v) is 13.0. The van der Waals surface area contributed by atoms with Crippen molar-refractivity contribution in [3.8, 4) is 0 Å². The molecule has 1 heterocycles. The monoisotopic (exact) mass is 280 g/mol. The van der Waals surface area contributed by atoms with Crippen molar-refractivity contribution in [2.75, 3.05) is 0 Å². The Kier molecular flexibility index (Phi) is 4.35. The molecule has 2 nitrogen and oxygen atoms in total. The van der Waals surface area contributed by atoms with Crippen LogP contribution in [-0.4, -0.2) is 11.0 Å². The van der Waals surface area contributed by atoms with E-state index in [9.17, 15) is 0 Å². The lowest BCUT2D eigenvalue weighted by Gasteiger charge is -2.25. The Labute approximate surface area is 127 Å². The molecule has 21 heavy (non-hydrogen) atoms. The third-order valence-electron chi connectivity index (χ3n) is 4.52. The topological polar surface area (TPSA) is 24.9 Å². The van der Waals surface area contributed by atoms with Gasteiger partial charge in [-0.25, -0.2) is 0 Å². The quantitative estimate of drug-likeness (QED) is 0.902. The number of nitrogens with zero attached hydrogens (tertiary/aromatic N) is 1. The maximum atomic E-state index is 4.32. The van der Waals surface area contributed by atoms with Gasteiger partial charge in [0, 0.05) is 18.4 Å². The average Bonchev–Trinajstić information content (AvgIpc) is 3.01. The van der Waals surface area contributed by atoms with Gasteiger partial charge < -0.3 is 5.32 Å². The molecule has 1 N–H and O–H groups in total. The molecular formula is C19H24N2. The number of nitrogens with one attached hydrogen (secondary N) is 1. The van der Waals surface area contributed by atoms with Crippen LogP contribution in [0.25, 0.3) is 0 Å². The summed E-state index contributed by atoms with van der Waals surface area (Å²) in [6.07, 6.45) is 9.13. The van der Waals surface area contributed by atoms with Crippen LogP contribution in [0.15, 0.2) is 42.7 Å². The second-order valence-corrected chi connectivity index (χ2v) is 6.23. The molecule has 2 aromatic rings. The molecule has 1 aromatic heterocycles. The predicted molar refractivity (Wildman–Crippen MR) is 87.4 cm³/mol. The highest BCUT2D eigenvalue weighted by Crippen LogP contribution is 2.29. The van der Waals surface area contributed by atoms with Crippen LogP contribution in [0, 0.1) is 13.8 Å². The van der Waals surface area contributed by atoms with Crippen LogP contribution in [0.1, 0.15) is 54.0 Å². The molecule has 0 radical (unpaired) electrons. The third kappa shape index (κ3) is 3.33. The summed E-state index contributed by atoms with van der Waals surface area (Å²) < 4.78 is 0. The Bertz CT molecular complexity index is 586. The number of rotatable bonds is 4. The van der Waals surface area contributed by atoms with Gasteiger partial charge >= 0.3 is 0 Å². The summed E-state index contributed by atoms with van der Waals surface area (Å²) in [7, 11) is 0. The summed E-state index contributed by atoms with van der Waals surface area (Å²) in [5, 5.41) is 3.88. The fraction of sp³-hybridized carbons (Fsp3) is 0.421. The summed E-state index contributed by atoms with van der Waals surface area (Å²) in [5.41, 5.74) is 5.31. The summed E-state index contributed by atoms with van der Waals surface area (Å²) in [6, 6.07) is 11.8. The molecule has 3 rings (SSSR count). The number of pyridine rings is 1. The van der Waals surface area contributed by atoms with Crippen molar-refractivity contribution in [1.82, 2.24) is 10.3 Å². The molecule has 1 fully saturated rings.